The van der Waals surface area contributed by atoms with Gasteiger partial charge in [-0.3, -0.25) is 9.59 Å². The van der Waals surface area contributed by atoms with Crippen LogP contribution in [0.2, 0.25) is 0 Å². The number of hydrogen-bond acceptors (Lipinski definition) is 3. The van der Waals surface area contributed by atoms with Gasteiger partial charge in [0.1, 0.15) is 5.82 Å². The summed E-state index contributed by atoms with van der Waals surface area (Å²) in [5.41, 5.74) is 0.799. The summed E-state index contributed by atoms with van der Waals surface area (Å²) in [5.74, 6) is -0.858. The average molecular weight is 299 g/mol. The number of halogens is 1. The third-order valence-corrected chi connectivity index (χ3v) is 3.87. The highest BCUT2D eigenvalue weighted by atomic mass is 32.2. The molecule has 1 saturated heterocycles. The van der Waals surface area contributed by atoms with Crippen molar-refractivity contribution >= 4 is 34.7 Å². The molecule has 0 spiro atoms. The second kappa shape index (κ2) is 5.54. The lowest BCUT2D eigenvalue weighted by Gasteiger charge is -2.11. The van der Waals surface area contributed by atoms with E-state index in [1.807, 2.05) is 0 Å². The summed E-state index contributed by atoms with van der Waals surface area (Å²) in [6, 6.07) is 14.8. The van der Waals surface area contributed by atoms with Crippen molar-refractivity contribution in [3.05, 3.63) is 70.9 Å². The fourth-order valence-corrected chi connectivity index (χ4v) is 2.83. The molecule has 0 aromatic heterocycles. The molecule has 2 aromatic rings. The van der Waals surface area contributed by atoms with Crippen LogP contribution < -0.4 is 4.90 Å². The van der Waals surface area contributed by atoms with E-state index in [9.17, 15) is 14.0 Å². The van der Waals surface area contributed by atoms with Crippen LogP contribution in [-0.2, 0) is 4.79 Å². The fourth-order valence-electron chi connectivity index (χ4n) is 2.00. The molecular formula is C16H10FNO2S. The van der Waals surface area contributed by atoms with Crippen LogP contribution in [-0.4, -0.2) is 11.1 Å². The highest BCUT2D eigenvalue weighted by Crippen LogP contribution is 2.35. The monoisotopic (exact) mass is 299 g/mol. The Morgan fingerprint density at radius 3 is 2.33 bits per heavy atom. The van der Waals surface area contributed by atoms with E-state index in [0.29, 0.717) is 5.69 Å². The van der Waals surface area contributed by atoms with Gasteiger partial charge in [-0.15, -0.1) is 0 Å². The zero-order valence-electron chi connectivity index (χ0n) is 10.8. The maximum absolute atomic E-state index is 13.6. The Morgan fingerprint density at radius 1 is 0.952 bits per heavy atom. The van der Waals surface area contributed by atoms with Crippen LogP contribution in [0.4, 0.5) is 14.9 Å². The largest absolute Gasteiger partial charge is 0.298 e. The Balaban J connectivity index is 1.96. The number of hydrogen-bond donors (Lipinski definition) is 0. The number of imide groups is 1. The molecule has 3 rings (SSSR count). The summed E-state index contributed by atoms with van der Waals surface area (Å²) in [7, 11) is 0. The minimum absolute atomic E-state index is 0.217. The van der Waals surface area contributed by atoms with Crippen molar-refractivity contribution in [3.63, 3.8) is 0 Å². The number of carbonyl (C=O) groups excluding carboxylic acids is 2. The van der Waals surface area contributed by atoms with Crippen molar-refractivity contribution in [3.8, 4) is 0 Å². The SMILES string of the molecule is O=C1S/C(=C\c2ccccc2F)C(=O)N1c1ccccc1. The maximum atomic E-state index is 13.6. The molecule has 5 heteroatoms. The lowest BCUT2D eigenvalue weighted by molar-refractivity contribution is -0.113. The predicted octanol–water partition coefficient (Wildman–Crippen LogP) is 4.07. The van der Waals surface area contributed by atoms with Gasteiger partial charge in [0.25, 0.3) is 11.1 Å². The number of para-hydroxylation sites is 1. The van der Waals surface area contributed by atoms with Crippen molar-refractivity contribution in [1.82, 2.24) is 0 Å². The first kappa shape index (κ1) is 13.6. The van der Waals surface area contributed by atoms with Gasteiger partial charge >= 0.3 is 0 Å². The molecule has 2 aromatic carbocycles. The first-order chi connectivity index (χ1) is 10.2. The highest BCUT2D eigenvalue weighted by Gasteiger charge is 2.36. The smallest absolute Gasteiger partial charge is 0.268 e. The fraction of sp³-hybridized carbons (Fsp3) is 0. The van der Waals surface area contributed by atoms with Crippen molar-refractivity contribution < 1.29 is 14.0 Å². The molecule has 0 N–H and O–H groups in total. The molecular weight excluding hydrogens is 289 g/mol. The van der Waals surface area contributed by atoms with Gasteiger partial charge in [0.2, 0.25) is 0 Å². The van der Waals surface area contributed by atoms with Gasteiger partial charge in [0, 0.05) is 5.56 Å². The van der Waals surface area contributed by atoms with Gasteiger partial charge in [-0.05, 0) is 36.0 Å². The van der Waals surface area contributed by atoms with E-state index in [2.05, 4.69) is 0 Å². The summed E-state index contributed by atoms with van der Waals surface area (Å²) in [5, 5.41) is -0.381. The third-order valence-electron chi connectivity index (χ3n) is 3.00. The Morgan fingerprint density at radius 2 is 1.62 bits per heavy atom. The minimum atomic E-state index is -0.431. The Labute approximate surface area is 125 Å². The molecule has 0 radical (unpaired) electrons. The molecule has 0 atom stereocenters. The molecule has 1 aliphatic rings. The van der Waals surface area contributed by atoms with E-state index in [1.165, 1.54) is 12.1 Å². The number of benzene rings is 2. The molecule has 1 aliphatic heterocycles. The first-order valence-electron chi connectivity index (χ1n) is 6.24. The van der Waals surface area contributed by atoms with Gasteiger partial charge in [0.05, 0.1) is 10.6 Å². The van der Waals surface area contributed by atoms with Crippen molar-refractivity contribution in [1.29, 1.82) is 0 Å². The first-order valence-corrected chi connectivity index (χ1v) is 7.06. The topological polar surface area (TPSA) is 37.4 Å². The van der Waals surface area contributed by atoms with Gasteiger partial charge in [-0.25, -0.2) is 9.29 Å². The quantitative estimate of drug-likeness (QED) is 0.785. The van der Waals surface area contributed by atoms with Gasteiger partial charge in [0.15, 0.2) is 0 Å². The van der Waals surface area contributed by atoms with Crippen LogP contribution in [0.5, 0.6) is 0 Å². The highest BCUT2D eigenvalue weighted by molar-refractivity contribution is 8.19. The molecule has 1 fully saturated rings. The molecule has 1 heterocycles. The molecule has 2 amide bonds. The van der Waals surface area contributed by atoms with E-state index in [-0.39, 0.29) is 15.7 Å². The Kier molecular flexibility index (Phi) is 3.58. The van der Waals surface area contributed by atoms with Crippen LogP contribution in [0.15, 0.2) is 59.5 Å². The normalized spacial score (nSPS) is 16.8. The Bertz CT molecular complexity index is 743. The number of thioether (sulfide) groups is 1. The summed E-state index contributed by atoms with van der Waals surface area (Å²) in [4.78, 5) is 25.6. The van der Waals surface area contributed by atoms with Gasteiger partial charge in [-0.2, -0.15) is 0 Å². The molecule has 0 saturated carbocycles. The number of rotatable bonds is 2. The second-order valence-corrected chi connectivity index (χ2v) is 5.37. The zero-order chi connectivity index (χ0) is 14.8. The summed E-state index contributed by atoms with van der Waals surface area (Å²) >= 11 is 0.812. The van der Waals surface area contributed by atoms with Crippen molar-refractivity contribution in [2.75, 3.05) is 4.90 Å². The minimum Gasteiger partial charge on any atom is -0.268 e. The average Bonchev–Trinajstić information content (AvgIpc) is 2.77. The van der Waals surface area contributed by atoms with E-state index < -0.39 is 11.7 Å². The van der Waals surface area contributed by atoms with Crippen LogP contribution in [0.25, 0.3) is 6.08 Å². The standard InChI is InChI=1S/C16H10FNO2S/c17-13-9-5-4-6-11(13)10-14-15(19)18(16(20)21-14)12-7-2-1-3-8-12/h1-10H/b14-10-. The number of carbonyl (C=O) groups is 2. The number of nitrogens with zero attached hydrogens (tertiary/aromatic N) is 1. The van der Waals surface area contributed by atoms with Crippen LogP contribution >= 0.6 is 11.8 Å². The van der Waals surface area contributed by atoms with Crippen LogP contribution in [0, 0.1) is 5.82 Å². The molecule has 0 bridgehead atoms. The summed E-state index contributed by atoms with van der Waals surface area (Å²) in [6.07, 6.45) is 1.41. The van der Waals surface area contributed by atoms with Gasteiger partial charge in [-0.1, -0.05) is 36.4 Å². The molecule has 3 nitrogen and oxygen atoms in total. The summed E-state index contributed by atoms with van der Waals surface area (Å²) in [6.45, 7) is 0. The molecule has 0 aliphatic carbocycles. The van der Waals surface area contributed by atoms with Crippen molar-refractivity contribution in [2.24, 2.45) is 0 Å². The molecule has 21 heavy (non-hydrogen) atoms. The van der Waals surface area contributed by atoms with Crippen LogP contribution in [0.1, 0.15) is 5.56 Å². The molecule has 0 unspecified atom stereocenters. The summed E-state index contributed by atoms with van der Waals surface area (Å²) < 4.78 is 13.6. The van der Waals surface area contributed by atoms with Crippen molar-refractivity contribution in [2.45, 2.75) is 0 Å². The number of amides is 2. The zero-order valence-corrected chi connectivity index (χ0v) is 11.6. The van der Waals surface area contributed by atoms with E-state index in [4.69, 9.17) is 0 Å². The van der Waals surface area contributed by atoms with E-state index >= 15 is 0 Å². The Hall–Kier alpha value is -2.40. The third kappa shape index (κ3) is 2.60. The van der Waals surface area contributed by atoms with E-state index in [1.54, 1.807) is 48.5 Å². The lowest BCUT2D eigenvalue weighted by atomic mass is 10.2. The predicted molar refractivity (Wildman–Crippen MR) is 81.3 cm³/mol. The number of anilines is 1. The van der Waals surface area contributed by atoms with Crippen LogP contribution in [0.3, 0.4) is 0 Å². The molecule has 104 valence electrons. The maximum Gasteiger partial charge on any atom is 0.298 e. The van der Waals surface area contributed by atoms with E-state index in [0.717, 1.165) is 16.7 Å². The lowest BCUT2D eigenvalue weighted by Crippen LogP contribution is -2.27. The van der Waals surface area contributed by atoms with Gasteiger partial charge < -0.3 is 0 Å². The second-order valence-electron chi connectivity index (χ2n) is 4.37.